The van der Waals surface area contributed by atoms with Gasteiger partial charge >= 0.3 is 0 Å². The van der Waals surface area contributed by atoms with E-state index in [0.717, 1.165) is 17.7 Å². The minimum atomic E-state index is -0.0905. The fourth-order valence-electron chi connectivity index (χ4n) is 2.12. The van der Waals surface area contributed by atoms with Gasteiger partial charge in [0.2, 0.25) is 0 Å². The Morgan fingerprint density at radius 1 is 1.30 bits per heavy atom. The van der Waals surface area contributed by atoms with Crippen LogP contribution in [0.1, 0.15) is 29.8 Å². The maximum absolute atomic E-state index is 6.00. The van der Waals surface area contributed by atoms with Crippen LogP contribution in [-0.4, -0.2) is 4.98 Å². The number of hydrogen-bond donors (Lipinski definition) is 3. The predicted octanol–water partition coefficient (Wildman–Crippen LogP) is 2.63. The summed E-state index contributed by atoms with van der Waals surface area (Å²) in [6, 6.07) is 9.45. The molecular weight excluding hydrogens is 272 g/mol. The van der Waals surface area contributed by atoms with Crippen molar-refractivity contribution in [2.75, 3.05) is 5.73 Å². The number of halogens is 1. The second kappa shape index (κ2) is 6.70. The van der Waals surface area contributed by atoms with E-state index in [0.29, 0.717) is 17.1 Å². The van der Waals surface area contributed by atoms with E-state index < -0.39 is 0 Å². The third-order valence-corrected chi connectivity index (χ3v) is 3.57. The number of nitrogens with two attached hydrogens (primary N) is 2. The molecule has 4 nitrogen and oxygen atoms in total. The Kier molecular flexibility index (Phi) is 4.95. The number of anilines is 1. The van der Waals surface area contributed by atoms with E-state index >= 15 is 0 Å². The van der Waals surface area contributed by atoms with Crippen LogP contribution in [0, 0.1) is 0 Å². The Bertz CT molecular complexity index is 569. The molecule has 1 aromatic carbocycles. The number of hydrazine groups is 1. The van der Waals surface area contributed by atoms with Crippen LogP contribution in [-0.2, 0) is 12.8 Å². The van der Waals surface area contributed by atoms with Crippen molar-refractivity contribution >= 4 is 17.3 Å². The van der Waals surface area contributed by atoms with Crippen LogP contribution in [0.3, 0.4) is 0 Å². The molecule has 2 aromatic rings. The van der Waals surface area contributed by atoms with Crippen LogP contribution >= 0.6 is 11.6 Å². The van der Waals surface area contributed by atoms with E-state index in [2.05, 4.69) is 23.4 Å². The first-order valence-electron chi connectivity index (χ1n) is 6.59. The average Bonchev–Trinajstić information content (AvgIpc) is 2.46. The Morgan fingerprint density at radius 2 is 2.10 bits per heavy atom. The molecule has 0 aliphatic carbocycles. The number of aromatic nitrogens is 1. The molecule has 0 radical (unpaired) electrons. The highest BCUT2D eigenvalue weighted by atomic mass is 35.5. The van der Waals surface area contributed by atoms with Crippen LogP contribution in [0.5, 0.6) is 0 Å². The van der Waals surface area contributed by atoms with Crippen molar-refractivity contribution in [2.45, 2.75) is 25.8 Å². The largest absolute Gasteiger partial charge is 0.398 e. The van der Waals surface area contributed by atoms with Crippen molar-refractivity contribution < 1.29 is 0 Å². The molecule has 106 valence electrons. The molecule has 0 spiro atoms. The molecule has 20 heavy (non-hydrogen) atoms. The SMILES string of the molecule is CCc1ccc(CC(NN)c2ccc(Cl)cc2N)nc1. The van der Waals surface area contributed by atoms with Crippen molar-refractivity contribution in [3.63, 3.8) is 0 Å². The zero-order valence-corrected chi connectivity index (χ0v) is 12.2. The summed E-state index contributed by atoms with van der Waals surface area (Å²) in [4.78, 5) is 4.45. The molecule has 0 aliphatic heterocycles. The monoisotopic (exact) mass is 290 g/mol. The van der Waals surface area contributed by atoms with Crippen LogP contribution in [0.15, 0.2) is 36.5 Å². The molecule has 1 heterocycles. The Hall–Kier alpha value is -1.62. The van der Waals surface area contributed by atoms with Crippen molar-refractivity contribution in [1.82, 2.24) is 10.4 Å². The molecule has 0 amide bonds. The van der Waals surface area contributed by atoms with Gasteiger partial charge in [0.05, 0.1) is 6.04 Å². The maximum atomic E-state index is 6.00. The second-order valence-corrected chi connectivity index (χ2v) is 5.14. The molecule has 1 atom stereocenters. The highest BCUT2D eigenvalue weighted by Crippen LogP contribution is 2.25. The Morgan fingerprint density at radius 3 is 2.65 bits per heavy atom. The number of aryl methyl sites for hydroxylation is 1. The van der Waals surface area contributed by atoms with E-state index in [1.165, 1.54) is 5.56 Å². The smallest absolute Gasteiger partial charge is 0.0535 e. The van der Waals surface area contributed by atoms with E-state index in [-0.39, 0.29) is 6.04 Å². The third-order valence-electron chi connectivity index (χ3n) is 3.33. The standard InChI is InChI=1S/C15H19ClN4/c1-2-10-3-5-12(19-9-10)8-15(20-18)13-6-4-11(16)7-14(13)17/h3-7,9,15,20H,2,8,17-18H2,1H3. The molecule has 0 saturated heterocycles. The summed E-state index contributed by atoms with van der Waals surface area (Å²) in [5, 5.41) is 0.618. The van der Waals surface area contributed by atoms with E-state index in [1.54, 1.807) is 6.07 Å². The predicted molar refractivity (Wildman–Crippen MR) is 83.2 cm³/mol. The summed E-state index contributed by atoms with van der Waals surface area (Å²) in [7, 11) is 0. The minimum Gasteiger partial charge on any atom is -0.398 e. The van der Waals surface area contributed by atoms with Crippen LogP contribution in [0.4, 0.5) is 5.69 Å². The van der Waals surface area contributed by atoms with Gasteiger partial charge in [-0.3, -0.25) is 16.3 Å². The fourth-order valence-corrected chi connectivity index (χ4v) is 2.30. The van der Waals surface area contributed by atoms with Crippen molar-refractivity contribution in [2.24, 2.45) is 5.84 Å². The Labute approximate surface area is 124 Å². The molecule has 0 fully saturated rings. The van der Waals surface area contributed by atoms with Crippen molar-refractivity contribution in [3.05, 3.63) is 58.4 Å². The number of rotatable bonds is 5. The number of nitrogens with zero attached hydrogens (tertiary/aromatic N) is 1. The van der Waals surface area contributed by atoms with Gasteiger partial charge in [0.1, 0.15) is 0 Å². The van der Waals surface area contributed by atoms with E-state index in [4.69, 9.17) is 23.2 Å². The summed E-state index contributed by atoms with van der Waals surface area (Å²) in [6.45, 7) is 2.11. The lowest BCUT2D eigenvalue weighted by molar-refractivity contribution is 0.547. The van der Waals surface area contributed by atoms with Crippen LogP contribution in [0.25, 0.3) is 0 Å². The van der Waals surface area contributed by atoms with Crippen molar-refractivity contribution in [1.29, 1.82) is 0 Å². The normalized spacial score (nSPS) is 12.3. The summed E-state index contributed by atoms with van der Waals surface area (Å²) >= 11 is 5.91. The van der Waals surface area contributed by atoms with Gasteiger partial charge in [-0.1, -0.05) is 30.7 Å². The van der Waals surface area contributed by atoms with E-state index in [1.807, 2.05) is 24.4 Å². The lowest BCUT2D eigenvalue weighted by Crippen LogP contribution is -2.30. The van der Waals surface area contributed by atoms with Gasteiger partial charge in [-0.05, 0) is 35.7 Å². The maximum Gasteiger partial charge on any atom is 0.0535 e. The summed E-state index contributed by atoms with van der Waals surface area (Å²) < 4.78 is 0. The number of nitrogens with one attached hydrogen (secondary N) is 1. The Balaban J connectivity index is 2.19. The average molecular weight is 291 g/mol. The number of nitrogen functional groups attached to an aromatic ring is 1. The van der Waals surface area contributed by atoms with Crippen LogP contribution < -0.4 is 17.0 Å². The summed E-state index contributed by atoms with van der Waals surface area (Å²) in [5.74, 6) is 5.65. The molecule has 1 aromatic heterocycles. The topological polar surface area (TPSA) is 77.0 Å². The molecule has 0 bridgehead atoms. The fraction of sp³-hybridized carbons (Fsp3) is 0.267. The number of pyridine rings is 1. The third kappa shape index (κ3) is 3.48. The lowest BCUT2D eigenvalue weighted by atomic mass is 10.0. The van der Waals surface area contributed by atoms with Gasteiger partial charge in [-0.15, -0.1) is 0 Å². The summed E-state index contributed by atoms with van der Waals surface area (Å²) in [6.07, 6.45) is 3.55. The van der Waals surface area contributed by atoms with Gasteiger partial charge < -0.3 is 5.73 Å². The van der Waals surface area contributed by atoms with Gasteiger partial charge in [0.15, 0.2) is 0 Å². The molecule has 5 N–H and O–H groups in total. The van der Waals surface area contributed by atoms with Gasteiger partial charge in [-0.25, -0.2) is 0 Å². The first-order valence-corrected chi connectivity index (χ1v) is 6.96. The molecule has 5 heteroatoms. The van der Waals surface area contributed by atoms with E-state index in [9.17, 15) is 0 Å². The van der Waals surface area contributed by atoms with Crippen molar-refractivity contribution in [3.8, 4) is 0 Å². The highest BCUT2D eigenvalue weighted by molar-refractivity contribution is 6.30. The molecule has 0 saturated carbocycles. The van der Waals surface area contributed by atoms with Gasteiger partial charge in [0.25, 0.3) is 0 Å². The quantitative estimate of drug-likeness (QED) is 0.449. The molecule has 1 unspecified atom stereocenters. The second-order valence-electron chi connectivity index (χ2n) is 4.71. The zero-order chi connectivity index (χ0) is 14.5. The lowest BCUT2D eigenvalue weighted by Gasteiger charge is -2.18. The molecule has 0 aliphatic rings. The van der Waals surface area contributed by atoms with Gasteiger partial charge in [-0.2, -0.15) is 0 Å². The van der Waals surface area contributed by atoms with Crippen LogP contribution in [0.2, 0.25) is 5.02 Å². The first-order chi connectivity index (χ1) is 9.63. The highest BCUT2D eigenvalue weighted by Gasteiger charge is 2.14. The zero-order valence-electron chi connectivity index (χ0n) is 11.4. The first kappa shape index (κ1) is 14.8. The number of benzene rings is 1. The minimum absolute atomic E-state index is 0.0905. The summed E-state index contributed by atoms with van der Waals surface area (Å²) in [5.41, 5.74) is 12.5. The number of hydrogen-bond acceptors (Lipinski definition) is 4. The van der Waals surface area contributed by atoms with Gasteiger partial charge in [0, 0.05) is 29.0 Å². The molecular formula is C15H19ClN4. The molecule has 2 rings (SSSR count).